The second-order valence-electron chi connectivity index (χ2n) is 16.7. The van der Waals surface area contributed by atoms with Crippen LogP contribution in [0.4, 0.5) is 0 Å². The zero-order chi connectivity index (χ0) is 43.5. The minimum atomic E-state index is -0.575. The average Bonchev–Trinajstić information content (AvgIpc) is 3.25. The standard InChI is InChI=1S/C55H96O5/c1-4-7-10-13-16-19-21-23-25-27-28-29-30-32-34-37-39-42-45-48-54(56)59-52-53(60-55(57)49-46-43-40-36-18-15-12-9-6-3)51-58-50-47-44-41-38-35-33-31-26-24-22-20-17-14-11-8-5-2/h8,11,17,20,23-26,33,35,41,44,53H,4-7,9-10,12-16,18-19,21-22,27-32,34,36-40,42-43,45-52H2,1-3H3/b11-8-,20-17-,25-23-,26-24-,35-33-,44-41-. The molecular formula is C55H96O5. The van der Waals surface area contributed by atoms with Gasteiger partial charge in [-0.05, 0) is 77.0 Å². The van der Waals surface area contributed by atoms with E-state index in [1.165, 1.54) is 135 Å². The third-order valence-electron chi connectivity index (χ3n) is 10.7. The van der Waals surface area contributed by atoms with Crippen LogP contribution in [0, 0.1) is 0 Å². The maximum Gasteiger partial charge on any atom is 0.306 e. The molecule has 0 saturated heterocycles. The molecule has 0 amide bonds. The molecule has 0 aliphatic carbocycles. The molecule has 0 aromatic heterocycles. The van der Waals surface area contributed by atoms with Gasteiger partial charge in [0.15, 0.2) is 6.10 Å². The number of rotatable bonds is 46. The van der Waals surface area contributed by atoms with Gasteiger partial charge in [0.1, 0.15) is 6.61 Å². The molecule has 0 aliphatic heterocycles. The lowest BCUT2D eigenvalue weighted by atomic mass is 10.1. The first-order chi connectivity index (χ1) is 29.6. The van der Waals surface area contributed by atoms with Gasteiger partial charge in [0.25, 0.3) is 0 Å². The van der Waals surface area contributed by atoms with Gasteiger partial charge in [0.2, 0.25) is 0 Å². The van der Waals surface area contributed by atoms with Crippen LogP contribution in [-0.4, -0.2) is 37.9 Å². The van der Waals surface area contributed by atoms with Crippen LogP contribution in [0.1, 0.15) is 239 Å². The summed E-state index contributed by atoms with van der Waals surface area (Å²) in [6, 6.07) is 0. The zero-order valence-corrected chi connectivity index (χ0v) is 39.7. The summed E-state index contributed by atoms with van der Waals surface area (Å²) >= 11 is 0. The molecular weight excluding hydrogens is 741 g/mol. The summed E-state index contributed by atoms with van der Waals surface area (Å²) in [5.41, 5.74) is 0. The molecule has 0 fully saturated rings. The quantitative estimate of drug-likeness (QED) is 0.0347. The van der Waals surface area contributed by atoms with Gasteiger partial charge in [0.05, 0.1) is 13.2 Å². The van der Waals surface area contributed by atoms with Gasteiger partial charge in [-0.3, -0.25) is 9.59 Å². The summed E-state index contributed by atoms with van der Waals surface area (Å²) in [6.45, 7) is 7.50. The molecule has 5 heteroatoms. The zero-order valence-electron chi connectivity index (χ0n) is 39.7. The summed E-state index contributed by atoms with van der Waals surface area (Å²) < 4.78 is 17.3. The predicted octanol–water partition coefficient (Wildman–Crippen LogP) is 17.1. The monoisotopic (exact) mass is 837 g/mol. The smallest absolute Gasteiger partial charge is 0.306 e. The van der Waals surface area contributed by atoms with Crippen LogP contribution in [0.2, 0.25) is 0 Å². The summed E-state index contributed by atoms with van der Waals surface area (Å²) in [7, 11) is 0. The van der Waals surface area contributed by atoms with Gasteiger partial charge < -0.3 is 14.2 Å². The van der Waals surface area contributed by atoms with E-state index in [9.17, 15) is 9.59 Å². The molecule has 0 radical (unpaired) electrons. The minimum absolute atomic E-state index is 0.0545. The Morgan fingerprint density at radius 3 is 1.20 bits per heavy atom. The van der Waals surface area contributed by atoms with E-state index >= 15 is 0 Å². The lowest BCUT2D eigenvalue weighted by Gasteiger charge is -2.18. The molecule has 60 heavy (non-hydrogen) atoms. The minimum Gasteiger partial charge on any atom is -0.462 e. The molecule has 5 nitrogen and oxygen atoms in total. The molecule has 0 spiro atoms. The van der Waals surface area contributed by atoms with Crippen molar-refractivity contribution in [2.45, 2.75) is 245 Å². The number of esters is 2. The van der Waals surface area contributed by atoms with Crippen LogP contribution in [0.25, 0.3) is 0 Å². The van der Waals surface area contributed by atoms with E-state index in [1.807, 2.05) is 0 Å². The highest BCUT2D eigenvalue weighted by Crippen LogP contribution is 2.14. The Bertz CT molecular complexity index is 1080. The van der Waals surface area contributed by atoms with Crippen molar-refractivity contribution in [2.24, 2.45) is 0 Å². The van der Waals surface area contributed by atoms with Crippen molar-refractivity contribution in [1.82, 2.24) is 0 Å². The van der Waals surface area contributed by atoms with Gasteiger partial charge in [0, 0.05) is 12.8 Å². The summed E-state index contributed by atoms with van der Waals surface area (Å²) in [4.78, 5) is 25.3. The number of allylic oxidation sites excluding steroid dienone is 11. The number of carbonyl (C=O) groups is 2. The molecule has 1 atom stereocenters. The third kappa shape index (κ3) is 48.0. The molecule has 0 aromatic rings. The van der Waals surface area contributed by atoms with Crippen LogP contribution in [-0.2, 0) is 23.8 Å². The fourth-order valence-corrected chi connectivity index (χ4v) is 6.98. The van der Waals surface area contributed by atoms with Crippen LogP contribution in [0.5, 0.6) is 0 Å². The van der Waals surface area contributed by atoms with Crippen molar-refractivity contribution >= 4 is 11.9 Å². The summed E-state index contributed by atoms with van der Waals surface area (Å²) in [5.74, 6) is -0.439. The molecule has 1 unspecified atom stereocenters. The largest absolute Gasteiger partial charge is 0.462 e. The fourth-order valence-electron chi connectivity index (χ4n) is 6.98. The molecule has 0 saturated carbocycles. The van der Waals surface area contributed by atoms with E-state index in [1.54, 1.807) is 0 Å². The number of hydrogen-bond acceptors (Lipinski definition) is 5. The van der Waals surface area contributed by atoms with E-state index in [2.05, 4.69) is 93.7 Å². The van der Waals surface area contributed by atoms with Gasteiger partial charge >= 0.3 is 11.9 Å². The SMILES string of the molecule is CC/C=C\C/C=C\C/C=C\C/C=C\C/C=C\CCOCC(COC(=O)CCCCCCCCCCC/C=C\CCCCCCCC)OC(=O)CCCCCCCCCCC. The number of ether oxygens (including phenoxy) is 3. The maximum absolute atomic E-state index is 12.7. The first kappa shape index (κ1) is 57.3. The molecule has 0 aliphatic rings. The lowest BCUT2D eigenvalue weighted by molar-refractivity contribution is -0.162. The number of carbonyl (C=O) groups excluding carboxylic acids is 2. The van der Waals surface area contributed by atoms with Crippen LogP contribution >= 0.6 is 0 Å². The lowest BCUT2D eigenvalue weighted by Crippen LogP contribution is -2.30. The molecule has 0 N–H and O–H groups in total. The van der Waals surface area contributed by atoms with Gasteiger partial charge in [-0.2, -0.15) is 0 Å². The van der Waals surface area contributed by atoms with Gasteiger partial charge in [-0.15, -0.1) is 0 Å². The Kier molecular flexibility index (Phi) is 48.4. The highest BCUT2D eigenvalue weighted by molar-refractivity contribution is 5.70. The van der Waals surface area contributed by atoms with Crippen LogP contribution in [0.3, 0.4) is 0 Å². The topological polar surface area (TPSA) is 61.8 Å². The molecule has 346 valence electrons. The van der Waals surface area contributed by atoms with Gasteiger partial charge in [-0.1, -0.05) is 222 Å². The molecule has 0 rings (SSSR count). The Morgan fingerprint density at radius 2 is 0.750 bits per heavy atom. The average molecular weight is 837 g/mol. The summed E-state index contributed by atoms with van der Waals surface area (Å²) in [5, 5.41) is 0. The molecule has 0 bridgehead atoms. The highest BCUT2D eigenvalue weighted by Gasteiger charge is 2.17. The molecule has 0 aromatic carbocycles. The Labute approximate surface area is 372 Å². The summed E-state index contributed by atoms with van der Waals surface area (Å²) in [6.07, 6.45) is 65.1. The van der Waals surface area contributed by atoms with Crippen molar-refractivity contribution in [3.05, 3.63) is 72.9 Å². The highest BCUT2D eigenvalue weighted by atomic mass is 16.6. The van der Waals surface area contributed by atoms with E-state index < -0.39 is 6.10 Å². The molecule has 0 heterocycles. The predicted molar refractivity (Wildman–Crippen MR) is 260 cm³/mol. The Balaban J connectivity index is 4.26. The maximum atomic E-state index is 12.7. The Morgan fingerprint density at radius 1 is 0.383 bits per heavy atom. The van der Waals surface area contributed by atoms with E-state index in [4.69, 9.17) is 14.2 Å². The normalized spacial score (nSPS) is 12.8. The van der Waals surface area contributed by atoms with Crippen molar-refractivity contribution in [2.75, 3.05) is 19.8 Å². The fraction of sp³-hybridized carbons (Fsp3) is 0.745. The van der Waals surface area contributed by atoms with E-state index in [0.717, 1.165) is 70.6 Å². The second-order valence-corrected chi connectivity index (χ2v) is 16.7. The van der Waals surface area contributed by atoms with Crippen molar-refractivity contribution in [3.8, 4) is 0 Å². The number of unbranched alkanes of at least 4 members (excludes halogenated alkanes) is 23. The van der Waals surface area contributed by atoms with Gasteiger partial charge in [-0.25, -0.2) is 0 Å². The van der Waals surface area contributed by atoms with Crippen molar-refractivity contribution in [1.29, 1.82) is 0 Å². The number of hydrogen-bond donors (Lipinski definition) is 0. The van der Waals surface area contributed by atoms with Crippen LogP contribution in [0.15, 0.2) is 72.9 Å². The van der Waals surface area contributed by atoms with E-state index in [0.29, 0.717) is 19.4 Å². The Hall–Kier alpha value is -2.66. The third-order valence-corrected chi connectivity index (χ3v) is 10.7. The van der Waals surface area contributed by atoms with Crippen LogP contribution < -0.4 is 0 Å². The van der Waals surface area contributed by atoms with Crippen molar-refractivity contribution in [3.63, 3.8) is 0 Å². The first-order valence-electron chi connectivity index (χ1n) is 25.5. The van der Waals surface area contributed by atoms with E-state index in [-0.39, 0.29) is 25.2 Å². The first-order valence-corrected chi connectivity index (χ1v) is 25.5. The van der Waals surface area contributed by atoms with Crippen molar-refractivity contribution < 1.29 is 23.8 Å². The second kappa shape index (κ2) is 50.7.